The molecule has 1 amide bonds. The van der Waals surface area contributed by atoms with Crippen LogP contribution in [-0.4, -0.2) is 23.1 Å². The van der Waals surface area contributed by atoms with Crippen molar-refractivity contribution in [3.05, 3.63) is 111 Å². The summed E-state index contributed by atoms with van der Waals surface area (Å²) in [6.45, 7) is 3.82. The summed E-state index contributed by atoms with van der Waals surface area (Å²) in [6, 6.07) is 21.0. The number of nitro benzene ring substituents is 1. The predicted octanol–water partition coefficient (Wildman–Crippen LogP) is 5.76. The van der Waals surface area contributed by atoms with Crippen LogP contribution >= 0.6 is 11.8 Å². The van der Waals surface area contributed by atoms with Crippen molar-refractivity contribution >= 4 is 34.2 Å². The molecule has 1 heterocycles. The van der Waals surface area contributed by atoms with Crippen molar-refractivity contribution in [3.8, 4) is 5.75 Å². The Hall–Kier alpha value is -4.11. The first-order valence-corrected chi connectivity index (χ1v) is 12.3. The summed E-state index contributed by atoms with van der Waals surface area (Å²) in [6.07, 6.45) is 0. The lowest BCUT2D eigenvalue weighted by Crippen LogP contribution is -2.32. The Morgan fingerprint density at radius 2 is 1.83 bits per heavy atom. The Labute approximate surface area is 213 Å². The maximum atomic E-state index is 13.4. The van der Waals surface area contributed by atoms with Gasteiger partial charge in [-0.05, 0) is 48.7 Å². The van der Waals surface area contributed by atoms with Crippen molar-refractivity contribution in [2.75, 3.05) is 12.4 Å². The fourth-order valence-electron chi connectivity index (χ4n) is 3.85. The number of hydrogen-bond acceptors (Lipinski definition) is 7. The molecule has 184 valence electrons. The lowest BCUT2D eigenvalue weighted by Gasteiger charge is -2.27. The molecule has 0 unspecified atom stereocenters. The van der Waals surface area contributed by atoms with Crippen LogP contribution in [0.3, 0.4) is 0 Å². The SMILES string of the molecule is COc1cc([C@H]2N=C(SCc3ccc([N+](=O)[O-])cc3)NC(C)=C2C(=O)Nc2ccccc2)ccc1C. The number of amides is 1. The number of para-hydroxylation sites is 1. The van der Waals surface area contributed by atoms with Crippen LogP contribution in [0.25, 0.3) is 0 Å². The monoisotopic (exact) mass is 502 g/mol. The Morgan fingerprint density at radius 3 is 2.50 bits per heavy atom. The number of nitrogens with zero attached hydrogens (tertiary/aromatic N) is 2. The number of nitro groups is 1. The summed E-state index contributed by atoms with van der Waals surface area (Å²) in [7, 11) is 1.62. The number of thioether (sulfide) groups is 1. The van der Waals surface area contributed by atoms with Gasteiger partial charge in [0.1, 0.15) is 11.8 Å². The minimum Gasteiger partial charge on any atom is -0.496 e. The van der Waals surface area contributed by atoms with Gasteiger partial charge in [0.05, 0.1) is 17.6 Å². The third-order valence-electron chi connectivity index (χ3n) is 5.77. The van der Waals surface area contributed by atoms with Gasteiger partial charge in [0.2, 0.25) is 0 Å². The highest BCUT2D eigenvalue weighted by molar-refractivity contribution is 8.13. The number of nitrogens with one attached hydrogen (secondary N) is 2. The number of carbonyl (C=O) groups is 1. The van der Waals surface area contributed by atoms with E-state index in [0.29, 0.717) is 27.9 Å². The molecular formula is C27H26N4O4S. The highest BCUT2D eigenvalue weighted by Crippen LogP contribution is 2.35. The molecule has 0 spiro atoms. The molecule has 0 fully saturated rings. The standard InChI is InChI=1S/C27H26N4O4S/c1-17-9-12-20(15-23(17)35-3)25-24(26(32)29-21-7-5-4-6-8-21)18(2)28-27(30-25)36-16-19-10-13-22(14-11-19)31(33)34/h4-15,25H,16H2,1-3H3,(H,28,30)(H,29,32)/t25-/m1/s1. The smallest absolute Gasteiger partial charge is 0.269 e. The van der Waals surface area contributed by atoms with Gasteiger partial charge < -0.3 is 15.4 Å². The second-order valence-electron chi connectivity index (χ2n) is 8.26. The number of rotatable bonds is 7. The van der Waals surface area contributed by atoms with E-state index in [4.69, 9.17) is 9.73 Å². The predicted molar refractivity (Wildman–Crippen MR) is 143 cm³/mol. The van der Waals surface area contributed by atoms with E-state index < -0.39 is 11.0 Å². The molecule has 36 heavy (non-hydrogen) atoms. The van der Waals surface area contributed by atoms with Gasteiger partial charge in [-0.25, -0.2) is 4.99 Å². The van der Waals surface area contributed by atoms with Crippen LogP contribution in [0.15, 0.2) is 89.1 Å². The average molecular weight is 503 g/mol. The molecule has 0 saturated carbocycles. The van der Waals surface area contributed by atoms with Crippen molar-refractivity contribution in [1.29, 1.82) is 0 Å². The number of aryl methyl sites for hydroxylation is 1. The first-order chi connectivity index (χ1) is 17.4. The van der Waals surface area contributed by atoms with Gasteiger partial charge in [0.25, 0.3) is 11.6 Å². The molecule has 0 saturated heterocycles. The maximum absolute atomic E-state index is 13.4. The second-order valence-corrected chi connectivity index (χ2v) is 9.23. The zero-order chi connectivity index (χ0) is 25.7. The normalized spacial score (nSPS) is 15.1. The van der Waals surface area contributed by atoms with Crippen LogP contribution < -0.4 is 15.4 Å². The minimum absolute atomic E-state index is 0.0538. The number of benzene rings is 3. The van der Waals surface area contributed by atoms with Crippen molar-refractivity contribution in [2.45, 2.75) is 25.6 Å². The molecule has 3 aromatic rings. The molecule has 3 aromatic carbocycles. The summed E-state index contributed by atoms with van der Waals surface area (Å²) in [4.78, 5) is 28.8. The number of aliphatic imine (C=N–C) groups is 1. The molecule has 2 N–H and O–H groups in total. The van der Waals surface area contributed by atoms with Crippen molar-refractivity contribution in [3.63, 3.8) is 0 Å². The number of non-ortho nitro benzene ring substituents is 1. The van der Waals surface area contributed by atoms with Gasteiger partial charge in [-0.15, -0.1) is 0 Å². The van der Waals surface area contributed by atoms with Gasteiger partial charge in [-0.3, -0.25) is 14.9 Å². The first-order valence-electron chi connectivity index (χ1n) is 11.3. The third-order valence-corrected chi connectivity index (χ3v) is 6.72. The number of methoxy groups -OCH3 is 1. The van der Waals surface area contributed by atoms with Crippen LogP contribution in [0.4, 0.5) is 11.4 Å². The number of amidine groups is 1. The van der Waals surface area contributed by atoms with Crippen LogP contribution in [0.2, 0.25) is 0 Å². The summed E-state index contributed by atoms with van der Waals surface area (Å²) in [5.74, 6) is 1.05. The Morgan fingerprint density at radius 1 is 1.11 bits per heavy atom. The molecule has 4 rings (SSSR count). The van der Waals surface area contributed by atoms with E-state index in [1.165, 1.54) is 23.9 Å². The highest BCUT2D eigenvalue weighted by Gasteiger charge is 2.30. The lowest BCUT2D eigenvalue weighted by atomic mass is 9.94. The topological polar surface area (TPSA) is 106 Å². The van der Waals surface area contributed by atoms with E-state index in [1.807, 2.05) is 62.4 Å². The largest absolute Gasteiger partial charge is 0.496 e. The molecule has 8 nitrogen and oxygen atoms in total. The molecule has 9 heteroatoms. The zero-order valence-corrected chi connectivity index (χ0v) is 21.0. The highest BCUT2D eigenvalue weighted by atomic mass is 32.2. The van der Waals surface area contributed by atoms with Crippen LogP contribution in [0.5, 0.6) is 5.75 Å². The summed E-state index contributed by atoms with van der Waals surface area (Å²) in [5.41, 5.74) is 4.73. The number of anilines is 1. The number of hydrogen-bond donors (Lipinski definition) is 2. The maximum Gasteiger partial charge on any atom is 0.269 e. The molecule has 0 bridgehead atoms. The Bertz CT molecular complexity index is 1340. The van der Waals surface area contributed by atoms with Crippen molar-refractivity contribution in [1.82, 2.24) is 5.32 Å². The van der Waals surface area contributed by atoms with E-state index in [1.54, 1.807) is 19.2 Å². The fraction of sp³-hybridized carbons (Fsp3) is 0.185. The minimum atomic E-state index is -0.538. The number of allylic oxidation sites excluding steroid dienone is 1. The van der Waals surface area contributed by atoms with Gasteiger partial charge in [-0.1, -0.05) is 54.2 Å². The number of carbonyl (C=O) groups excluding carboxylic acids is 1. The quantitative estimate of drug-likeness (QED) is 0.314. The van der Waals surface area contributed by atoms with E-state index in [2.05, 4.69) is 10.6 Å². The fourth-order valence-corrected chi connectivity index (χ4v) is 4.75. The molecule has 1 aliphatic heterocycles. The van der Waals surface area contributed by atoms with Gasteiger partial charge in [0, 0.05) is 29.3 Å². The first kappa shape index (κ1) is 25.0. The lowest BCUT2D eigenvalue weighted by molar-refractivity contribution is -0.384. The average Bonchev–Trinajstić information content (AvgIpc) is 2.88. The Kier molecular flexibility index (Phi) is 7.70. The van der Waals surface area contributed by atoms with E-state index in [-0.39, 0.29) is 11.6 Å². The third kappa shape index (κ3) is 5.75. The van der Waals surface area contributed by atoms with Crippen LogP contribution in [0, 0.1) is 17.0 Å². The van der Waals surface area contributed by atoms with Gasteiger partial charge >= 0.3 is 0 Å². The van der Waals surface area contributed by atoms with E-state index in [9.17, 15) is 14.9 Å². The summed E-state index contributed by atoms with van der Waals surface area (Å²) >= 11 is 1.47. The molecule has 1 aliphatic rings. The van der Waals surface area contributed by atoms with Gasteiger partial charge in [-0.2, -0.15) is 0 Å². The molecule has 0 aromatic heterocycles. The summed E-state index contributed by atoms with van der Waals surface area (Å²) in [5, 5.41) is 17.8. The summed E-state index contributed by atoms with van der Waals surface area (Å²) < 4.78 is 5.52. The molecule has 1 atom stereocenters. The molecule has 0 radical (unpaired) electrons. The Balaban J connectivity index is 1.62. The molecule has 0 aliphatic carbocycles. The number of ether oxygens (including phenoxy) is 1. The van der Waals surface area contributed by atoms with Crippen molar-refractivity contribution < 1.29 is 14.5 Å². The molecular weight excluding hydrogens is 476 g/mol. The van der Waals surface area contributed by atoms with Crippen molar-refractivity contribution in [2.24, 2.45) is 4.99 Å². The second kappa shape index (κ2) is 11.1. The van der Waals surface area contributed by atoms with Crippen LogP contribution in [0.1, 0.15) is 29.7 Å². The zero-order valence-electron chi connectivity index (χ0n) is 20.1. The van der Waals surface area contributed by atoms with E-state index >= 15 is 0 Å². The van der Waals surface area contributed by atoms with E-state index in [0.717, 1.165) is 22.4 Å². The van der Waals surface area contributed by atoms with Gasteiger partial charge in [0.15, 0.2) is 5.17 Å². The van der Waals surface area contributed by atoms with Crippen LogP contribution in [-0.2, 0) is 10.5 Å².